The number of nitrogens with zero attached hydrogens (tertiary/aromatic N) is 4. The molecule has 0 fully saturated rings. The summed E-state index contributed by atoms with van der Waals surface area (Å²) in [5, 5.41) is 31.9. The molecule has 9 N–H and O–H groups in total. The number of H-pyrrole nitrogens is 1. The summed E-state index contributed by atoms with van der Waals surface area (Å²) in [5.74, 6) is -6.00. The van der Waals surface area contributed by atoms with E-state index in [0.717, 1.165) is 30.5 Å². The first-order chi connectivity index (χ1) is 34.4. The molecule has 2 aromatic heterocycles. The molecular weight excluding hydrogens is 982 g/mol. The predicted molar refractivity (Wildman–Crippen MR) is 263 cm³/mol. The summed E-state index contributed by atoms with van der Waals surface area (Å²) < 4.78 is 52.7. The average Bonchev–Trinajstić information content (AvgIpc) is 3.31. The van der Waals surface area contributed by atoms with Crippen LogP contribution in [0.15, 0.2) is 99.1 Å². The zero-order valence-electron chi connectivity index (χ0n) is 38.7. The molecule has 1 aliphatic carbocycles. The van der Waals surface area contributed by atoms with Crippen molar-refractivity contribution in [2.45, 2.75) is 58.0 Å². The van der Waals surface area contributed by atoms with Crippen LogP contribution in [0.5, 0.6) is 5.75 Å². The number of carboxylic acids is 1. The molecule has 7 rings (SSSR count). The monoisotopic (exact) mass is 1020 g/mol. The van der Waals surface area contributed by atoms with Crippen molar-refractivity contribution in [1.82, 2.24) is 35.9 Å². The zero-order chi connectivity index (χ0) is 52.9. The Labute approximate surface area is 415 Å². The Morgan fingerprint density at radius 1 is 0.918 bits per heavy atom. The molecule has 1 aliphatic heterocycles. The van der Waals surface area contributed by atoms with E-state index in [2.05, 4.69) is 41.2 Å². The number of hydrogen-bond donors (Lipinski definition) is 8. The number of thiocarbonyl (C=S) groups is 1. The van der Waals surface area contributed by atoms with E-state index in [9.17, 15) is 56.9 Å². The van der Waals surface area contributed by atoms with Crippen LogP contribution in [0.25, 0.3) is 44.6 Å². The van der Waals surface area contributed by atoms with Gasteiger partial charge in [-0.2, -0.15) is 18.2 Å². The van der Waals surface area contributed by atoms with Crippen LogP contribution in [0.4, 0.5) is 30.5 Å². The van der Waals surface area contributed by atoms with Gasteiger partial charge in [-0.15, -0.1) is 0 Å². The Balaban J connectivity index is 0.956. The summed E-state index contributed by atoms with van der Waals surface area (Å²) in [7, 11) is 0. The van der Waals surface area contributed by atoms with E-state index in [1.807, 2.05) is 0 Å². The SMILES string of the molecule is CC(C)(C)OC(=O)C(CCC(=O)NCCNC(=S)Nc1ccc(-c2c3ccc(=O)cc-3oc3cc(O)ccc23)c(C(=O)O)c1)NC(=O)c1ccc(N(Cc2cnc3nc(N)[nH]c(=O)c3n2)C(=O)C(F)(F)F)cc1. The number of phenols is 1. The number of rotatable bonds is 15. The fraction of sp³-hybridized carbons (Fsp3) is 0.229. The van der Waals surface area contributed by atoms with Crippen LogP contribution >= 0.6 is 12.2 Å². The molecular formula is C48H43F3N10O11S. The van der Waals surface area contributed by atoms with E-state index < -0.39 is 59.6 Å². The average molecular weight is 1020 g/mol. The van der Waals surface area contributed by atoms with Crippen molar-refractivity contribution < 1.29 is 56.5 Å². The summed E-state index contributed by atoms with van der Waals surface area (Å²) in [6.07, 6.45) is -4.84. The normalized spacial score (nSPS) is 12.0. The number of phenolic OH excluding ortho intramolecular Hbond substituents is 1. The van der Waals surface area contributed by atoms with Gasteiger partial charge in [-0.25, -0.2) is 19.6 Å². The van der Waals surface area contributed by atoms with Crippen molar-refractivity contribution >= 4 is 86.4 Å². The molecule has 0 saturated heterocycles. The minimum atomic E-state index is -5.35. The molecule has 1 atom stereocenters. The number of halogens is 3. The number of carboxylic acid groups (broad SMARTS) is 1. The van der Waals surface area contributed by atoms with Crippen LogP contribution in [0.3, 0.4) is 0 Å². The number of fused-ring (bicyclic) bond motifs is 3. The van der Waals surface area contributed by atoms with E-state index in [-0.39, 0.29) is 93.2 Å². The number of nitrogen functional groups attached to an aromatic ring is 1. The number of aromatic nitrogens is 4. The Morgan fingerprint density at radius 3 is 2.33 bits per heavy atom. The highest BCUT2D eigenvalue weighted by molar-refractivity contribution is 7.80. The minimum absolute atomic E-state index is 0.0293. The smallest absolute Gasteiger partial charge is 0.471 e. The molecule has 0 spiro atoms. The number of aromatic amines is 1. The molecule has 0 saturated carbocycles. The van der Waals surface area contributed by atoms with E-state index in [1.54, 1.807) is 39.0 Å². The van der Waals surface area contributed by atoms with Crippen LogP contribution in [0.1, 0.15) is 60.0 Å². The number of nitrogens with one attached hydrogen (secondary N) is 5. The first-order valence-electron chi connectivity index (χ1n) is 21.9. The Morgan fingerprint density at radius 2 is 1.63 bits per heavy atom. The van der Waals surface area contributed by atoms with Gasteiger partial charge in [-0.1, -0.05) is 6.07 Å². The predicted octanol–water partition coefficient (Wildman–Crippen LogP) is 5.00. The molecule has 2 aliphatic rings. The topological polar surface area (TPSA) is 314 Å². The van der Waals surface area contributed by atoms with Gasteiger partial charge < -0.3 is 46.4 Å². The maximum absolute atomic E-state index is 13.8. The van der Waals surface area contributed by atoms with Crippen molar-refractivity contribution in [3.05, 3.63) is 122 Å². The summed E-state index contributed by atoms with van der Waals surface area (Å²) in [4.78, 5) is 104. The summed E-state index contributed by atoms with van der Waals surface area (Å²) in [6.45, 7) is 4.10. The number of hydrogen-bond acceptors (Lipinski definition) is 15. The lowest BCUT2D eigenvalue weighted by Crippen LogP contribution is -2.45. The van der Waals surface area contributed by atoms with Gasteiger partial charge in [-0.3, -0.25) is 33.9 Å². The van der Waals surface area contributed by atoms with E-state index in [4.69, 9.17) is 27.1 Å². The summed E-state index contributed by atoms with van der Waals surface area (Å²) in [5.41, 5.74) is 3.82. The first kappa shape index (κ1) is 51.8. The fourth-order valence-corrected chi connectivity index (χ4v) is 7.60. The maximum atomic E-state index is 13.8. The summed E-state index contributed by atoms with van der Waals surface area (Å²) in [6, 6.07) is 16.0. The number of aromatic hydroxyl groups is 1. The van der Waals surface area contributed by atoms with Crippen molar-refractivity contribution in [3.8, 4) is 28.2 Å². The lowest BCUT2D eigenvalue weighted by molar-refractivity contribution is -0.170. The number of ether oxygens (including phenoxy) is 1. The van der Waals surface area contributed by atoms with Gasteiger partial charge in [0.05, 0.1) is 24.0 Å². The Kier molecular flexibility index (Phi) is 15.0. The fourth-order valence-electron chi connectivity index (χ4n) is 7.38. The molecule has 73 heavy (non-hydrogen) atoms. The van der Waals surface area contributed by atoms with Crippen molar-refractivity contribution in [2.24, 2.45) is 0 Å². The number of amides is 3. The third-order valence-corrected chi connectivity index (χ3v) is 10.8. The van der Waals surface area contributed by atoms with Gasteiger partial charge in [0.25, 0.3) is 11.5 Å². The van der Waals surface area contributed by atoms with Crippen molar-refractivity contribution in [2.75, 3.05) is 29.0 Å². The van der Waals surface area contributed by atoms with Crippen molar-refractivity contribution in [3.63, 3.8) is 0 Å². The van der Waals surface area contributed by atoms with Crippen LogP contribution in [0, 0.1) is 0 Å². The molecule has 3 heterocycles. The van der Waals surface area contributed by atoms with Gasteiger partial charge in [0.2, 0.25) is 11.9 Å². The number of aromatic carboxylic acids is 1. The second kappa shape index (κ2) is 21.2. The lowest BCUT2D eigenvalue weighted by Gasteiger charge is -2.25. The Hall–Kier alpha value is -9.00. The van der Waals surface area contributed by atoms with Crippen LogP contribution in [-0.2, 0) is 25.7 Å². The van der Waals surface area contributed by atoms with Gasteiger partial charge in [0.15, 0.2) is 21.7 Å². The lowest BCUT2D eigenvalue weighted by atomic mass is 9.90. The number of anilines is 3. The van der Waals surface area contributed by atoms with Crippen LogP contribution in [-0.4, -0.2) is 95.8 Å². The van der Waals surface area contributed by atoms with Gasteiger partial charge >= 0.3 is 24.0 Å². The number of nitrogens with two attached hydrogens (primary N) is 1. The van der Waals surface area contributed by atoms with Crippen molar-refractivity contribution in [1.29, 1.82) is 0 Å². The third-order valence-electron chi connectivity index (χ3n) is 10.6. The summed E-state index contributed by atoms with van der Waals surface area (Å²) >= 11 is 5.41. The molecule has 21 nitrogen and oxygen atoms in total. The number of carbonyl (C=O) groups excluding carboxylic acids is 4. The highest BCUT2D eigenvalue weighted by Gasteiger charge is 2.43. The highest BCUT2D eigenvalue weighted by Crippen LogP contribution is 2.42. The number of carbonyl (C=O) groups is 5. The maximum Gasteiger partial charge on any atom is 0.471 e. The number of benzene rings is 4. The largest absolute Gasteiger partial charge is 0.508 e. The standard InChI is InChI=1S/C48H43F3N10O11S/c1-47(2,3)72-43(69)33(58-40(65)23-4-7-26(8-5-23)61(44(70)48(49,50)51)22-25-21-55-39-38(56-25)41(66)60-45(52)59-39)14-15-36(64)53-16-17-54-46(73)57-24-6-11-29(32(18-24)42(67)68)37-30-12-9-27(62)19-34(30)71-35-20-28(63)10-13-31(35)37/h4-13,18-21,33,62H,14-17,22H2,1-3H3,(H,53,64)(H,58,65)(H,67,68)(H2,54,57,73)(H3,52,55,59,60,66). The molecule has 0 radical (unpaired) electrons. The van der Waals surface area contributed by atoms with Gasteiger partial charge in [0.1, 0.15) is 28.7 Å². The molecule has 378 valence electrons. The number of alkyl halides is 3. The van der Waals surface area contributed by atoms with Gasteiger partial charge in [0, 0.05) is 65.1 Å². The molecule has 1 unspecified atom stereocenters. The van der Waals surface area contributed by atoms with Crippen LogP contribution < -0.4 is 42.9 Å². The number of esters is 1. The quantitative estimate of drug-likeness (QED) is 0.0290. The zero-order valence-corrected chi connectivity index (χ0v) is 39.5. The van der Waals surface area contributed by atoms with Crippen LogP contribution in [0.2, 0.25) is 0 Å². The second-order valence-electron chi connectivity index (χ2n) is 17.1. The van der Waals surface area contributed by atoms with E-state index >= 15 is 0 Å². The first-order valence-corrected chi connectivity index (χ1v) is 22.3. The minimum Gasteiger partial charge on any atom is -0.508 e. The molecule has 5 aromatic rings. The highest BCUT2D eigenvalue weighted by atomic mass is 32.1. The van der Waals surface area contributed by atoms with E-state index in [0.29, 0.717) is 32.7 Å². The van der Waals surface area contributed by atoms with E-state index in [1.165, 1.54) is 36.4 Å². The third kappa shape index (κ3) is 12.7. The molecule has 3 amide bonds. The second-order valence-corrected chi connectivity index (χ2v) is 17.5. The van der Waals surface area contributed by atoms with Gasteiger partial charge in [-0.05, 0) is 106 Å². The Bertz CT molecular complexity index is 3420. The molecule has 3 aromatic carbocycles. The molecule has 25 heteroatoms. The molecule has 0 bridgehead atoms.